The summed E-state index contributed by atoms with van der Waals surface area (Å²) in [6.07, 6.45) is -0.0133. The highest BCUT2D eigenvalue weighted by atomic mass is 35.5. The molecule has 110 valence electrons. The van der Waals surface area contributed by atoms with Gasteiger partial charge in [-0.2, -0.15) is 0 Å². The number of benzene rings is 2. The summed E-state index contributed by atoms with van der Waals surface area (Å²) in [5.74, 6) is -0.457. The summed E-state index contributed by atoms with van der Waals surface area (Å²) < 4.78 is 5.18. The van der Waals surface area contributed by atoms with E-state index in [2.05, 4.69) is 0 Å². The van der Waals surface area contributed by atoms with Crippen LogP contribution in [-0.2, 0) is 22.6 Å². The van der Waals surface area contributed by atoms with E-state index in [1.165, 1.54) is 0 Å². The first-order valence-electron chi connectivity index (χ1n) is 6.00. The Labute approximate surface area is 142 Å². The molecule has 0 fully saturated rings. The molecule has 0 aliphatic heterocycles. The van der Waals surface area contributed by atoms with Crippen molar-refractivity contribution < 1.29 is 9.53 Å². The summed E-state index contributed by atoms with van der Waals surface area (Å²) in [6, 6.07) is 10.1. The lowest BCUT2D eigenvalue weighted by atomic mass is 10.1. The second kappa shape index (κ2) is 7.37. The van der Waals surface area contributed by atoms with Gasteiger partial charge in [0.1, 0.15) is 6.61 Å². The van der Waals surface area contributed by atoms with E-state index in [1.54, 1.807) is 36.4 Å². The number of carbonyl (C=O) groups is 1. The lowest BCUT2D eigenvalue weighted by molar-refractivity contribution is -0.144. The van der Waals surface area contributed by atoms with E-state index in [4.69, 9.17) is 51.1 Å². The average Bonchev–Trinajstić information content (AvgIpc) is 2.42. The van der Waals surface area contributed by atoms with Gasteiger partial charge in [-0.1, -0.05) is 58.5 Å². The van der Waals surface area contributed by atoms with Gasteiger partial charge in [0, 0.05) is 31.2 Å². The molecule has 2 rings (SSSR count). The van der Waals surface area contributed by atoms with Gasteiger partial charge in [0.05, 0.1) is 6.42 Å². The molecule has 0 amide bonds. The molecule has 0 saturated heterocycles. The number of ether oxygens (including phenoxy) is 1. The van der Waals surface area contributed by atoms with Crippen molar-refractivity contribution in [1.29, 1.82) is 0 Å². The van der Waals surface area contributed by atoms with Crippen LogP contribution in [0, 0.1) is 0 Å². The molecular formula is C15H10Cl4O2. The zero-order chi connectivity index (χ0) is 15.4. The molecule has 0 aliphatic rings. The van der Waals surface area contributed by atoms with Crippen LogP contribution in [0.2, 0.25) is 20.1 Å². The minimum absolute atomic E-state index is 0.000584. The van der Waals surface area contributed by atoms with E-state index in [-0.39, 0.29) is 13.0 Å². The zero-order valence-corrected chi connectivity index (χ0v) is 13.7. The predicted octanol–water partition coefficient (Wildman–Crippen LogP) is 5.59. The molecule has 0 heterocycles. The predicted molar refractivity (Wildman–Crippen MR) is 86.4 cm³/mol. The molecule has 0 spiro atoms. The summed E-state index contributed by atoms with van der Waals surface area (Å²) in [5.41, 5.74) is 1.11. The highest BCUT2D eigenvalue weighted by Crippen LogP contribution is 2.27. The summed E-state index contributed by atoms with van der Waals surface area (Å²) >= 11 is 24.0. The van der Waals surface area contributed by atoms with Gasteiger partial charge in [0.15, 0.2) is 0 Å². The van der Waals surface area contributed by atoms with E-state index in [9.17, 15) is 4.79 Å². The average molecular weight is 364 g/mol. The first-order chi connectivity index (χ1) is 9.99. The van der Waals surface area contributed by atoms with Crippen molar-refractivity contribution in [3.05, 3.63) is 67.6 Å². The molecule has 0 N–H and O–H groups in total. The third kappa shape index (κ3) is 4.27. The molecule has 21 heavy (non-hydrogen) atoms. The number of hydrogen-bond acceptors (Lipinski definition) is 2. The van der Waals surface area contributed by atoms with Gasteiger partial charge >= 0.3 is 5.97 Å². The Bertz CT molecular complexity index is 630. The minimum Gasteiger partial charge on any atom is -0.460 e. The van der Waals surface area contributed by atoms with Crippen LogP contribution in [0.15, 0.2) is 36.4 Å². The van der Waals surface area contributed by atoms with Crippen LogP contribution >= 0.6 is 46.4 Å². The number of hydrogen-bond donors (Lipinski definition) is 0. The molecule has 0 atom stereocenters. The minimum atomic E-state index is -0.457. The summed E-state index contributed by atoms with van der Waals surface area (Å²) in [5, 5.41) is 1.75. The van der Waals surface area contributed by atoms with Gasteiger partial charge < -0.3 is 4.74 Å². The van der Waals surface area contributed by atoms with Crippen molar-refractivity contribution in [1.82, 2.24) is 0 Å². The standard InChI is InChI=1S/C15H10Cl4O2/c16-11-3-1-4-12(17)9(11)7-15(20)21-8-10-13(18)5-2-6-14(10)19/h1-6H,7-8H2. The fraction of sp³-hybridized carbons (Fsp3) is 0.133. The molecule has 2 aromatic rings. The lowest BCUT2D eigenvalue weighted by Gasteiger charge is -2.10. The highest BCUT2D eigenvalue weighted by Gasteiger charge is 2.13. The number of esters is 1. The molecule has 0 aromatic heterocycles. The number of carbonyl (C=O) groups excluding carboxylic acids is 1. The van der Waals surface area contributed by atoms with Crippen molar-refractivity contribution in [3.8, 4) is 0 Å². The molecule has 0 unspecified atom stereocenters. The van der Waals surface area contributed by atoms with E-state index in [0.29, 0.717) is 31.2 Å². The smallest absolute Gasteiger partial charge is 0.310 e. The van der Waals surface area contributed by atoms with Gasteiger partial charge in [-0.3, -0.25) is 4.79 Å². The lowest BCUT2D eigenvalue weighted by Crippen LogP contribution is -2.09. The second-order valence-electron chi connectivity index (χ2n) is 4.24. The van der Waals surface area contributed by atoms with Crippen LogP contribution in [0.1, 0.15) is 11.1 Å². The van der Waals surface area contributed by atoms with E-state index < -0.39 is 5.97 Å². The summed E-state index contributed by atoms with van der Waals surface area (Å²) in [7, 11) is 0. The first kappa shape index (κ1) is 16.4. The molecular weight excluding hydrogens is 354 g/mol. The fourth-order valence-corrected chi connectivity index (χ4v) is 2.76. The SMILES string of the molecule is O=C(Cc1c(Cl)cccc1Cl)OCc1c(Cl)cccc1Cl. The van der Waals surface area contributed by atoms with Crippen molar-refractivity contribution in [2.75, 3.05) is 0 Å². The molecule has 0 saturated carbocycles. The molecule has 0 radical (unpaired) electrons. The monoisotopic (exact) mass is 362 g/mol. The van der Waals surface area contributed by atoms with Crippen molar-refractivity contribution >= 4 is 52.4 Å². The third-order valence-electron chi connectivity index (χ3n) is 2.82. The zero-order valence-electron chi connectivity index (χ0n) is 10.7. The van der Waals surface area contributed by atoms with Gasteiger partial charge in [-0.05, 0) is 24.3 Å². The maximum Gasteiger partial charge on any atom is 0.310 e. The Morgan fingerprint density at radius 3 is 1.71 bits per heavy atom. The number of halogens is 4. The first-order valence-corrected chi connectivity index (χ1v) is 7.51. The Kier molecular flexibility index (Phi) is 5.77. The third-order valence-corrected chi connectivity index (χ3v) is 4.24. The Morgan fingerprint density at radius 2 is 1.24 bits per heavy atom. The van der Waals surface area contributed by atoms with Crippen LogP contribution in [0.25, 0.3) is 0 Å². The van der Waals surface area contributed by atoms with E-state index in [0.717, 1.165) is 0 Å². The highest BCUT2D eigenvalue weighted by molar-refractivity contribution is 6.36. The topological polar surface area (TPSA) is 26.3 Å². The number of rotatable bonds is 4. The quantitative estimate of drug-likeness (QED) is 0.662. The van der Waals surface area contributed by atoms with Crippen LogP contribution < -0.4 is 0 Å². The Balaban J connectivity index is 2.03. The van der Waals surface area contributed by atoms with Crippen LogP contribution in [-0.4, -0.2) is 5.97 Å². The molecule has 2 aromatic carbocycles. The van der Waals surface area contributed by atoms with Crippen molar-refractivity contribution in [3.63, 3.8) is 0 Å². The summed E-state index contributed by atoms with van der Waals surface area (Å²) in [4.78, 5) is 11.9. The van der Waals surface area contributed by atoms with Crippen LogP contribution in [0.4, 0.5) is 0 Å². The molecule has 2 nitrogen and oxygen atoms in total. The Hall–Kier alpha value is -0.930. The van der Waals surface area contributed by atoms with Crippen molar-refractivity contribution in [2.45, 2.75) is 13.0 Å². The van der Waals surface area contributed by atoms with Gasteiger partial charge in [0.25, 0.3) is 0 Å². The van der Waals surface area contributed by atoms with Gasteiger partial charge in [-0.15, -0.1) is 0 Å². The normalized spacial score (nSPS) is 10.5. The largest absolute Gasteiger partial charge is 0.460 e. The van der Waals surface area contributed by atoms with E-state index in [1.807, 2.05) is 0 Å². The van der Waals surface area contributed by atoms with Gasteiger partial charge in [-0.25, -0.2) is 0 Å². The van der Waals surface area contributed by atoms with Crippen molar-refractivity contribution in [2.24, 2.45) is 0 Å². The second-order valence-corrected chi connectivity index (χ2v) is 5.87. The molecule has 0 aliphatic carbocycles. The van der Waals surface area contributed by atoms with Crippen LogP contribution in [0.3, 0.4) is 0 Å². The maximum absolute atomic E-state index is 11.9. The molecule has 6 heteroatoms. The maximum atomic E-state index is 11.9. The summed E-state index contributed by atoms with van der Waals surface area (Å²) in [6.45, 7) is -0.000584. The van der Waals surface area contributed by atoms with E-state index >= 15 is 0 Å². The molecule has 0 bridgehead atoms. The Morgan fingerprint density at radius 1 is 0.810 bits per heavy atom. The fourth-order valence-electron chi connectivity index (χ4n) is 1.72. The van der Waals surface area contributed by atoms with Gasteiger partial charge in [0.2, 0.25) is 0 Å². The van der Waals surface area contributed by atoms with Crippen LogP contribution in [0.5, 0.6) is 0 Å².